The van der Waals surface area contributed by atoms with E-state index in [4.69, 9.17) is 4.74 Å². The average Bonchev–Trinajstić information content (AvgIpc) is 2.91. The van der Waals surface area contributed by atoms with E-state index in [1.54, 1.807) is 0 Å². The molecule has 1 heterocycles. The number of hydrogen-bond acceptors (Lipinski definition) is 3. The van der Waals surface area contributed by atoms with Gasteiger partial charge < -0.3 is 10.1 Å². The topological polar surface area (TPSA) is 24.5 Å². The maximum absolute atomic E-state index is 5.85. The second kappa shape index (κ2) is 7.94. The summed E-state index contributed by atoms with van der Waals surface area (Å²) >= 11 is 0. The summed E-state index contributed by atoms with van der Waals surface area (Å²) < 4.78 is 5.85. The smallest absolute Gasteiger partial charge is 0.0593 e. The van der Waals surface area contributed by atoms with Gasteiger partial charge in [0, 0.05) is 37.8 Å². The van der Waals surface area contributed by atoms with Crippen LogP contribution < -0.4 is 5.32 Å². The van der Waals surface area contributed by atoms with Crippen molar-refractivity contribution < 1.29 is 4.74 Å². The molecule has 1 N–H and O–H groups in total. The van der Waals surface area contributed by atoms with Crippen molar-refractivity contribution >= 4 is 0 Å². The SMILES string of the molecule is CCC(C)C1CNC2(CCCC2)CN1CCOCC(C)C. The van der Waals surface area contributed by atoms with Gasteiger partial charge in [-0.2, -0.15) is 0 Å². The van der Waals surface area contributed by atoms with Crippen LogP contribution in [0.3, 0.4) is 0 Å². The van der Waals surface area contributed by atoms with Crippen LogP contribution >= 0.6 is 0 Å². The maximum atomic E-state index is 5.85. The fraction of sp³-hybridized carbons (Fsp3) is 1.00. The van der Waals surface area contributed by atoms with Gasteiger partial charge >= 0.3 is 0 Å². The third-order valence-corrected chi connectivity index (χ3v) is 5.50. The lowest BCUT2D eigenvalue weighted by Gasteiger charge is -2.48. The number of piperazine rings is 1. The summed E-state index contributed by atoms with van der Waals surface area (Å²) in [6.07, 6.45) is 6.80. The second-order valence-corrected chi connectivity index (χ2v) is 7.76. The predicted molar refractivity (Wildman–Crippen MR) is 89.7 cm³/mol. The lowest BCUT2D eigenvalue weighted by Crippen LogP contribution is -2.64. The van der Waals surface area contributed by atoms with Crippen LogP contribution in [0.25, 0.3) is 0 Å². The van der Waals surface area contributed by atoms with Gasteiger partial charge in [-0.05, 0) is 24.7 Å². The number of nitrogens with zero attached hydrogens (tertiary/aromatic N) is 1. The van der Waals surface area contributed by atoms with Gasteiger partial charge in [0.25, 0.3) is 0 Å². The van der Waals surface area contributed by atoms with Crippen molar-refractivity contribution in [2.75, 3.05) is 32.8 Å². The molecule has 0 aromatic heterocycles. The van der Waals surface area contributed by atoms with Crippen LogP contribution in [0.15, 0.2) is 0 Å². The molecule has 3 nitrogen and oxygen atoms in total. The summed E-state index contributed by atoms with van der Waals surface area (Å²) in [4.78, 5) is 2.73. The molecule has 1 saturated heterocycles. The standard InChI is InChI=1S/C18H36N2O/c1-5-16(4)17-12-19-18(8-6-7-9-18)14-20(17)10-11-21-13-15(2)3/h15-17,19H,5-14H2,1-4H3. The molecule has 1 spiro atoms. The largest absolute Gasteiger partial charge is 0.380 e. The highest BCUT2D eigenvalue weighted by Crippen LogP contribution is 2.34. The minimum atomic E-state index is 0.419. The van der Waals surface area contributed by atoms with Crippen LogP contribution in [0.4, 0.5) is 0 Å². The quantitative estimate of drug-likeness (QED) is 0.730. The van der Waals surface area contributed by atoms with Crippen LogP contribution in [0, 0.1) is 11.8 Å². The fourth-order valence-corrected chi connectivity index (χ4v) is 3.98. The van der Waals surface area contributed by atoms with Crippen LogP contribution in [0.5, 0.6) is 0 Å². The van der Waals surface area contributed by atoms with Crippen molar-refractivity contribution in [3.05, 3.63) is 0 Å². The Labute approximate surface area is 131 Å². The van der Waals surface area contributed by atoms with E-state index in [0.717, 1.165) is 25.7 Å². The zero-order chi connectivity index (χ0) is 15.3. The minimum Gasteiger partial charge on any atom is -0.380 e. The lowest BCUT2D eigenvalue weighted by molar-refractivity contribution is 0.0179. The molecule has 2 rings (SSSR count). The van der Waals surface area contributed by atoms with Gasteiger partial charge in [0.1, 0.15) is 0 Å². The number of rotatable bonds is 7. The molecule has 2 unspecified atom stereocenters. The van der Waals surface area contributed by atoms with Crippen LogP contribution in [-0.2, 0) is 4.74 Å². The summed E-state index contributed by atoms with van der Waals surface area (Å²) in [5.74, 6) is 1.40. The van der Waals surface area contributed by atoms with E-state index in [2.05, 4.69) is 37.9 Å². The summed E-state index contributed by atoms with van der Waals surface area (Å²) in [5, 5.41) is 3.92. The zero-order valence-corrected chi connectivity index (χ0v) is 14.7. The van der Waals surface area contributed by atoms with Gasteiger partial charge in [-0.25, -0.2) is 0 Å². The second-order valence-electron chi connectivity index (χ2n) is 7.76. The predicted octanol–water partition coefficient (Wildman–Crippen LogP) is 3.29. The van der Waals surface area contributed by atoms with Crippen molar-refractivity contribution in [1.82, 2.24) is 10.2 Å². The highest BCUT2D eigenvalue weighted by atomic mass is 16.5. The van der Waals surface area contributed by atoms with Crippen molar-refractivity contribution in [3.8, 4) is 0 Å². The molecule has 2 atom stereocenters. The van der Waals surface area contributed by atoms with Gasteiger partial charge in [0.05, 0.1) is 6.61 Å². The van der Waals surface area contributed by atoms with E-state index in [1.807, 2.05) is 0 Å². The summed E-state index contributed by atoms with van der Waals surface area (Å²) in [7, 11) is 0. The van der Waals surface area contributed by atoms with E-state index in [1.165, 1.54) is 45.2 Å². The Balaban J connectivity index is 1.89. The van der Waals surface area contributed by atoms with Crippen molar-refractivity contribution in [2.45, 2.75) is 71.4 Å². The van der Waals surface area contributed by atoms with Gasteiger partial charge in [0.2, 0.25) is 0 Å². The highest BCUT2D eigenvalue weighted by Gasteiger charge is 2.41. The molecule has 0 aromatic carbocycles. The van der Waals surface area contributed by atoms with Gasteiger partial charge in [0.15, 0.2) is 0 Å². The molecule has 1 aliphatic carbocycles. The first-order valence-electron chi connectivity index (χ1n) is 9.13. The van der Waals surface area contributed by atoms with Crippen molar-refractivity contribution in [1.29, 1.82) is 0 Å². The van der Waals surface area contributed by atoms with E-state index < -0.39 is 0 Å². The molecule has 0 aromatic rings. The molecular formula is C18H36N2O. The monoisotopic (exact) mass is 296 g/mol. The first kappa shape index (κ1) is 17.2. The van der Waals surface area contributed by atoms with Gasteiger partial charge in [-0.3, -0.25) is 4.90 Å². The van der Waals surface area contributed by atoms with Crippen LogP contribution in [0.2, 0.25) is 0 Å². The molecule has 2 aliphatic rings. The zero-order valence-electron chi connectivity index (χ0n) is 14.7. The Kier molecular flexibility index (Phi) is 6.51. The summed E-state index contributed by atoms with van der Waals surface area (Å²) in [5.41, 5.74) is 0.419. The van der Waals surface area contributed by atoms with Crippen molar-refractivity contribution in [2.24, 2.45) is 11.8 Å². The maximum Gasteiger partial charge on any atom is 0.0593 e. The number of nitrogens with one attached hydrogen (secondary N) is 1. The Morgan fingerprint density at radius 3 is 2.57 bits per heavy atom. The van der Waals surface area contributed by atoms with Gasteiger partial charge in [-0.1, -0.05) is 47.0 Å². The first-order valence-corrected chi connectivity index (χ1v) is 9.13. The third kappa shape index (κ3) is 4.67. The van der Waals surface area contributed by atoms with Crippen molar-refractivity contribution in [3.63, 3.8) is 0 Å². The van der Waals surface area contributed by atoms with Crippen LogP contribution in [-0.4, -0.2) is 49.3 Å². The number of hydrogen-bond donors (Lipinski definition) is 1. The molecule has 0 radical (unpaired) electrons. The van der Waals surface area contributed by atoms with E-state index in [-0.39, 0.29) is 0 Å². The molecule has 0 amide bonds. The van der Waals surface area contributed by atoms with E-state index in [0.29, 0.717) is 17.5 Å². The minimum absolute atomic E-state index is 0.419. The fourth-order valence-electron chi connectivity index (χ4n) is 3.98. The van der Waals surface area contributed by atoms with Crippen LogP contribution in [0.1, 0.15) is 59.8 Å². The molecular weight excluding hydrogens is 260 g/mol. The summed E-state index contributed by atoms with van der Waals surface area (Å²) in [6.45, 7) is 14.4. The molecule has 124 valence electrons. The lowest BCUT2D eigenvalue weighted by atomic mass is 9.87. The molecule has 3 heteroatoms. The molecule has 1 aliphatic heterocycles. The first-order chi connectivity index (χ1) is 10.1. The normalized spacial score (nSPS) is 27.6. The Hall–Kier alpha value is -0.120. The molecule has 21 heavy (non-hydrogen) atoms. The molecule has 0 bridgehead atoms. The third-order valence-electron chi connectivity index (χ3n) is 5.50. The Bertz CT molecular complexity index is 300. The average molecular weight is 296 g/mol. The molecule has 2 fully saturated rings. The number of ether oxygens (including phenoxy) is 1. The molecule has 1 saturated carbocycles. The Morgan fingerprint density at radius 1 is 1.24 bits per heavy atom. The summed E-state index contributed by atoms with van der Waals surface area (Å²) in [6, 6.07) is 0.684. The van der Waals surface area contributed by atoms with E-state index >= 15 is 0 Å². The Morgan fingerprint density at radius 2 is 1.95 bits per heavy atom. The van der Waals surface area contributed by atoms with E-state index in [9.17, 15) is 0 Å². The van der Waals surface area contributed by atoms with Gasteiger partial charge in [-0.15, -0.1) is 0 Å². The highest BCUT2D eigenvalue weighted by molar-refractivity contribution is 5.01.